The predicted molar refractivity (Wildman–Crippen MR) is 46.6 cm³/mol. The average Bonchev–Trinajstić information content (AvgIpc) is 2.33. The number of hydrogen-bond acceptors (Lipinski definition) is 1. The van der Waals surface area contributed by atoms with E-state index < -0.39 is 0 Å². The maximum atomic E-state index is 5.80. The van der Waals surface area contributed by atoms with Crippen LogP contribution in [0.1, 0.15) is 33.1 Å². The largest absolute Gasteiger partial charge is 0.371 e. The van der Waals surface area contributed by atoms with E-state index in [4.69, 9.17) is 4.74 Å². The molecule has 0 aliphatic carbocycles. The summed E-state index contributed by atoms with van der Waals surface area (Å²) in [5, 5.41) is 0.989. The van der Waals surface area contributed by atoms with Crippen molar-refractivity contribution in [1.82, 2.24) is 0 Å². The fourth-order valence-corrected chi connectivity index (χ4v) is 1.81. The quantitative estimate of drug-likeness (QED) is 0.632. The molecule has 2 unspecified atom stereocenters. The number of rotatable bonds is 2. The van der Waals surface area contributed by atoms with Crippen molar-refractivity contribution in [1.29, 1.82) is 0 Å². The van der Waals surface area contributed by atoms with Gasteiger partial charge in [0.25, 0.3) is 0 Å². The molecule has 0 amide bonds. The Kier molecular flexibility index (Phi) is 2.75. The van der Waals surface area contributed by atoms with Crippen molar-refractivity contribution in [2.24, 2.45) is 0 Å². The van der Waals surface area contributed by atoms with Gasteiger partial charge in [0.1, 0.15) is 0 Å². The minimum Gasteiger partial charge on any atom is -0.371 e. The SMILES string of the molecule is CCC1(C)CCC(CBr)O1. The number of halogens is 1. The van der Waals surface area contributed by atoms with Gasteiger partial charge in [-0.2, -0.15) is 0 Å². The molecule has 1 nitrogen and oxygen atoms in total. The minimum atomic E-state index is 0.179. The summed E-state index contributed by atoms with van der Waals surface area (Å²) in [6.45, 7) is 4.40. The fourth-order valence-electron chi connectivity index (χ4n) is 1.36. The molecule has 0 N–H and O–H groups in total. The summed E-state index contributed by atoms with van der Waals surface area (Å²) in [4.78, 5) is 0. The van der Waals surface area contributed by atoms with E-state index in [2.05, 4.69) is 29.8 Å². The van der Waals surface area contributed by atoms with Gasteiger partial charge in [0, 0.05) is 5.33 Å². The third-order valence-corrected chi connectivity index (χ3v) is 3.09. The van der Waals surface area contributed by atoms with Crippen LogP contribution in [0.3, 0.4) is 0 Å². The first kappa shape index (κ1) is 8.54. The van der Waals surface area contributed by atoms with E-state index in [1.807, 2.05) is 0 Å². The van der Waals surface area contributed by atoms with Crippen LogP contribution in [0.5, 0.6) is 0 Å². The van der Waals surface area contributed by atoms with Crippen molar-refractivity contribution in [2.45, 2.75) is 44.8 Å². The monoisotopic (exact) mass is 206 g/mol. The summed E-state index contributed by atoms with van der Waals surface area (Å²) in [6, 6.07) is 0. The van der Waals surface area contributed by atoms with Crippen molar-refractivity contribution >= 4 is 15.9 Å². The molecule has 1 rings (SSSR count). The van der Waals surface area contributed by atoms with Gasteiger partial charge in [-0.25, -0.2) is 0 Å². The molecule has 0 bridgehead atoms. The molecule has 10 heavy (non-hydrogen) atoms. The van der Waals surface area contributed by atoms with Crippen LogP contribution >= 0.6 is 15.9 Å². The summed E-state index contributed by atoms with van der Waals surface area (Å²) in [5.74, 6) is 0. The number of ether oxygens (including phenoxy) is 1. The second-order valence-electron chi connectivity index (χ2n) is 3.24. The van der Waals surface area contributed by atoms with Crippen LogP contribution in [0.25, 0.3) is 0 Å². The topological polar surface area (TPSA) is 9.23 Å². The van der Waals surface area contributed by atoms with Crippen molar-refractivity contribution < 1.29 is 4.74 Å². The molecular weight excluding hydrogens is 192 g/mol. The maximum absolute atomic E-state index is 5.80. The molecule has 1 fully saturated rings. The Balaban J connectivity index is 2.41. The van der Waals surface area contributed by atoms with Gasteiger partial charge in [-0.05, 0) is 26.2 Å². The lowest BCUT2D eigenvalue weighted by molar-refractivity contribution is -0.0204. The molecule has 1 heterocycles. The van der Waals surface area contributed by atoms with Crippen LogP contribution in [-0.2, 0) is 4.74 Å². The zero-order chi connectivity index (χ0) is 7.61. The minimum absolute atomic E-state index is 0.179. The van der Waals surface area contributed by atoms with E-state index in [1.165, 1.54) is 12.8 Å². The number of hydrogen-bond donors (Lipinski definition) is 0. The predicted octanol–water partition coefficient (Wildman–Crippen LogP) is 2.73. The maximum Gasteiger partial charge on any atom is 0.0680 e. The Hall–Kier alpha value is 0.440. The summed E-state index contributed by atoms with van der Waals surface area (Å²) >= 11 is 3.43. The molecule has 0 radical (unpaired) electrons. The first-order valence-electron chi connectivity index (χ1n) is 3.94. The van der Waals surface area contributed by atoms with E-state index in [0.29, 0.717) is 6.10 Å². The highest BCUT2D eigenvalue weighted by atomic mass is 79.9. The van der Waals surface area contributed by atoms with Gasteiger partial charge in [0.15, 0.2) is 0 Å². The van der Waals surface area contributed by atoms with E-state index in [-0.39, 0.29) is 5.60 Å². The standard InChI is InChI=1S/C8H15BrO/c1-3-8(2)5-4-7(6-9)10-8/h7H,3-6H2,1-2H3. The van der Waals surface area contributed by atoms with E-state index in [1.54, 1.807) is 0 Å². The van der Waals surface area contributed by atoms with Crippen molar-refractivity contribution in [3.8, 4) is 0 Å². The molecule has 0 aromatic rings. The summed E-state index contributed by atoms with van der Waals surface area (Å²) in [5.41, 5.74) is 0.179. The molecule has 1 aliphatic heterocycles. The van der Waals surface area contributed by atoms with Gasteiger partial charge in [0.05, 0.1) is 11.7 Å². The third-order valence-electron chi connectivity index (χ3n) is 2.37. The highest BCUT2D eigenvalue weighted by Crippen LogP contribution is 2.32. The Labute approximate surface area is 71.3 Å². The van der Waals surface area contributed by atoms with Crippen molar-refractivity contribution in [3.63, 3.8) is 0 Å². The second kappa shape index (κ2) is 3.22. The van der Waals surface area contributed by atoms with Crippen molar-refractivity contribution in [2.75, 3.05) is 5.33 Å². The van der Waals surface area contributed by atoms with E-state index in [9.17, 15) is 0 Å². The van der Waals surface area contributed by atoms with Gasteiger partial charge in [-0.15, -0.1) is 0 Å². The highest BCUT2D eigenvalue weighted by Gasteiger charge is 2.33. The molecule has 0 saturated carbocycles. The van der Waals surface area contributed by atoms with Gasteiger partial charge in [0.2, 0.25) is 0 Å². The molecule has 0 spiro atoms. The number of alkyl halides is 1. The molecule has 2 heteroatoms. The van der Waals surface area contributed by atoms with Gasteiger partial charge in [-0.1, -0.05) is 22.9 Å². The third kappa shape index (κ3) is 1.73. The summed E-state index contributed by atoms with van der Waals surface area (Å²) < 4.78 is 5.80. The summed E-state index contributed by atoms with van der Waals surface area (Å²) in [7, 11) is 0. The zero-order valence-electron chi connectivity index (χ0n) is 6.69. The normalized spacial score (nSPS) is 40.5. The average molecular weight is 207 g/mol. The van der Waals surface area contributed by atoms with Gasteiger partial charge < -0.3 is 4.74 Å². The molecule has 60 valence electrons. The molecule has 0 aromatic carbocycles. The summed E-state index contributed by atoms with van der Waals surface area (Å²) in [6.07, 6.45) is 4.04. The van der Waals surface area contributed by atoms with Crippen LogP contribution < -0.4 is 0 Å². The molecule has 1 aliphatic rings. The van der Waals surface area contributed by atoms with E-state index >= 15 is 0 Å². The molecule has 2 atom stereocenters. The van der Waals surface area contributed by atoms with Crippen molar-refractivity contribution in [3.05, 3.63) is 0 Å². The van der Waals surface area contributed by atoms with Crippen LogP contribution in [0.4, 0.5) is 0 Å². The first-order chi connectivity index (χ1) is 4.70. The first-order valence-corrected chi connectivity index (χ1v) is 5.06. The van der Waals surface area contributed by atoms with Crippen LogP contribution in [-0.4, -0.2) is 17.0 Å². The zero-order valence-corrected chi connectivity index (χ0v) is 8.28. The smallest absolute Gasteiger partial charge is 0.0680 e. The second-order valence-corrected chi connectivity index (χ2v) is 3.88. The van der Waals surface area contributed by atoms with E-state index in [0.717, 1.165) is 11.8 Å². The Morgan fingerprint density at radius 2 is 2.40 bits per heavy atom. The van der Waals surface area contributed by atoms with Crippen LogP contribution in [0.15, 0.2) is 0 Å². The Bertz CT molecular complexity index is 116. The Morgan fingerprint density at radius 1 is 1.70 bits per heavy atom. The lowest BCUT2D eigenvalue weighted by atomic mass is 10.00. The lowest BCUT2D eigenvalue weighted by Gasteiger charge is -2.22. The fraction of sp³-hybridized carbons (Fsp3) is 1.00. The van der Waals surface area contributed by atoms with Gasteiger partial charge in [-0.3, -0.25) is 0 Å². The molecule has 1 saturated heterocycles. The van der Waals surface area contributed by atoms with Gasteiger partial charge >= 0.3 is 0 Å². The molecular formula is C8H15BrO. The van der Waals surface area contributed by atoms with Crippen LogP contribution in [0, 0.1) is 0 Å². The lowest BCUT2D eigenvalue weighted by Crippen LogP contribution is -2.23. The Morgan fingerprint density at radius 3 is 2.70 bits per heavy atom. The highest BCUT2D eigenvalue weighted by molar-refractivity contribution is 9.09. The van der Waals surface area contributed by atoms with Crippen LogP contribution in [0.2, 0.25) is 0 Å². The molecule has 0 aromatic heterocycles.